The number of hydrogen-bond donors (Lipinski definition) is 1. The fourth-order valence-electron chi connectivity index (χ4n) is 1.83. The van der Waals surface area contributed by atoms with Crippen molar-refractivity contribution in [2.45, 2.75) is 6.54 Å². The van der Waals surface area contributed by atoms with Gasteiger partial charge in [-0.15, -0.1) is 0 Å². The molecule has 2 N–H and O–H groups in total. The minimum atomic E-state index is -0.500. The van der Waals surface area contributed by atoms with Gasteiger partial charge in [-0.05, 0) is 23.8 Å². The first-order valence-electron chi connectivity index (χ1n) is 5.67. The summed E-state index contributed by atoms with van der Waals surface area (Å²) < 4.78 is 14.3. The van der Waals surface area contributed by atoms with Crippen molar-refractivity contribution in [3.05, 3.63) is 57.3 Å². The molecular weight excluding hydrogens is 331 g/mol. The molecule has 100 valence electrons. The molecule has 0 radical (unpaired) electrons. The Hall–Kier alpha value is -1.26. The van der Waals surface area contributed by atoms with E-state index in [-0.39, 0.29) is 5.02 Å². The summed E-state index contributed by atoms with van der Waals surface area (Å²) in [5.74, 6) is -0.500. The molecule has 0 amide bonds. The number of halogens is 3. The van der Waals surface area contributed by atoms with Crippen LogP contribution in [-0.4, -0.2) is 7.05 Å². The Morgan fingerprint density at radius 2 is 1.89 bits per heavy atom. The molecule has 5 heteroatoms. The average molecular weight is 344 g/mol. The summed E-state index contributed by atoms with van der Waals surface area (Å²) in [7, 11) is 1.89. The molecule has 0 unspecified atom stereocenters. The number of nitrogens with zero attached hydrogens (tertiary/aromatic N) is 1. The third-order valence-electron chi connectivity index (χ3n) is 2.81. The van der Waals surface area contributed by atoms with Crippen LogP contribution in [0.3, 0.4) is 0 Å². The van der Waals surface area contributed by atoms with Crippen LogP contribution in [0.2, 0.25) is 5.02 Å². The topological polar surface area (TPSA) is 29.3 Å². The maximum absolute atomic E-state index is 13.3. The van der Waals surface area contributed by atoms with E-state index in [2.05, 4.69) is 15.9 Å². The lowest BCUT2D eigenvalue weighted by molar-refractivity contribution is 0.628. The average Bonchev–Trinajstić information content (AvgIpc) is 2.36. The van der Waals surface area contributed by atoms with Crippen LogP contribution in [0.5, 0.6) is 0 Å². The number of hydrogen-bond acceptors (Lipinski definition) is 2. The Labute approximate surface area is 125 Å². The zero-order valence-electron chi connectivity index (χ0n) is 10.3. The number of anilines is 2. The van der Waals surface area contributed by atoms with E-state index >= 15 is 0 Å². The van der Waals surface area contributed by atoms with Crippen LogP contribution >= 0.6 is 27.5 Å². The van der Waals surface area contributed by atoms with Gasteiger partial charge in [0.05, 0.1) is 16.4 Å². The van der Waals surface area contributed by atoms with Gasteiger partial charge < -0.3 is 10.6 Å². The Morgan fingerprint density at radius 1 is 1.26 bits per heavy atom. The molecular formula is C14H13BrClFN2. The summed E-state index contributed by atoms with van der Waals surface area (Å²) in [4.78, 5) is 1.93. The molecule has 0 aliphatic rings. The van der Waals surface area contributed by atoms with Crippen molar-refractivity contribution < 1.29 is 4.39 Å². The van der Waals surface area contributed by atoms with E-state index in [1.165, 1.54) is 6.07 Å². The molecule has 0 bridgehead atoms. The molecule has 0 saturated carbocycles. The SMILES string of the molecule is CN(Cc1ccc(Br)cc1)c1cc(Cl)c(F)cc1N. The van der Waals surface area contributed by atoms with Crippen molar-refractivity contribution in [2.24, 2.45) is 0 Å². The molecule has 2 aromatic carbocycles. The van der Waals surface area contributed by atoms with Crippen molar-refractivity contribution in [2.75, 3.05) is 17.7 Å². The quantitative estimate of drug-likeness (QED) is 0.834. The Balaban J connectivity index is 2.22. The maximum Gasteiger partial charge on any atom is 0.143 e. The van der Waals surface area contributed by atoms with E-state index in [9.17, 15) is 4.39 Å². The predicted octanol–water partition coefficient (Wildman–Crippen LogP) is 4.46. The first-order valence-corrected chi connectivity index (χ1v) is 6.84. The summed E-state index contributed by atoms with van der Waals surface area (Å²) in [6.45, 7) is 0.666. The number of nitrogen functional groups attached to an aromatic ring is 1. The van der Waals surface area contributed by atoms with Gasteiger partial charge in [-0.3, -0.25) is 0 Å². The second kappa shape index (κ2) is 5.80. The van der Waals surface area contributed by atoms with Crippen LogP contribution in [-0.2, 0) is 6.54 Å². The first-order chi connectivity index (χ1) is 8.97. The van der Waals surface area contributed by atoms with Gasteiger partial charge >= 0.3 is 0 Å². The maximum atomic E-state index is 13.3. The molecule has 2 aromatic rings. The minimum Gasteiger partial charge on any atom is -0.397 e. The number of benzene rings is 2. The fraction of sp³-hybridized carbons (Fsp3) is 0.143. The van der Waals surface area contributed by atoms with Crippen LogP contribution in [0.4, 0.5) is 15.8 Å². The summed E-state index contributed by atoms with van der Waals surface area (Å²) >= 11 is 9.18. The normalized spacial score (nSPS) is 10.5. The van der Waals surface area contributed by atoms with E-state index in [0.717, 1.165) is 10.0 Å². The third-order valence-corrected chi connectivity index (χ3v) is 3.63. The largest absolute Gasteiger partial charge is 0.397 e. The highest BCUT2D eigenvalue weighted by Gasteiger charge is 2.10. The molecule has 0 fully saturated rings. The summed E-state index contributed by atoms with van der Waals surface area (Å²) in [5, 5.41) is 0.0758. The van der Waals surface area contributed by atoms with Gasteiger partial charge in [-0.2, -0.15) is 0 Å². The van der Waals surface area contributed by atoms with Gasteiger partial charge in [0, 0.05) is 24.1 Å². The van der Waals surface area contributed by atoms with Crippen LogP contribution in [0.1, 0.15) is 5.56 Å². The fourth-order valence-corrected chi connectivity index (χ4v) is 2.25. The molecule has 0 aliphatic heterocycles. The van der Waals surface area contributed by atoms with Gasteiger partial charge in [-0.25, -0.2) is 4.39 Å². The third kappa shape index (κ3) is 3.39. The number of rotatable bonds is 3. The van der Waals surface area contributed by atoms with Crippen LogP contribution < -0.4 is 10.6 Å². The van der Waals surface area contributed by atoms with Crippen LogP contribution in [0.15, 0.2) is 40.9 Å². The van der Waals surface area contributed by atoms with E-state index in [0.29, 0.717) is 17.9 Å². The van der Waals surface area contributed by atoms with E-state index in [1.54, 1.807) is 6.07 Å². The summed E-state index contributed by atoms with van der Waals surface area (Å²) in [6, 6.07) is 10.8. The Kier molecular flexibility index (Phi) is 4.32. The van der Waals surface area contributed by atoms with Gasteiger partial charge in [0.25, 0.3) is 0 Å². The van der Waals surface area contributed by atoms with E-state index in [1.807, 2.05) is 36.2 Å². The molecule has 19 heavy (non-hydrogen) atoms. The van der Waals surface area contributed by atoms with Gasteiger partial charge in [-0.1, -0.05) is 39.7 Å². The highest BCUT2D eigenvalue weighted by Crippen LogP contribution is 2.29. The molecule has 0 atom stereocenters. The lowest BCUT2D eigenvalue weighted by atomic mass is 10.2. The standard InChI is InChI=1S/C14H13BrClFN2/c1-19(8-9-2-4-10(15)5-3-9)14-6-11(16)12(17)7-13(14)18/h2-7H,8,18H2,1H3. The van der Waals surface area contributed by atoms with Crippen molar-refractivity contribution in [1.29, 1.82) is 0 Å². The monoisotopic (exact) mass is 342 g/mol. The number of nitrogens with two attached hydrogens (primary N) is 1. The second-order valence-electron chi connectivity index (χ2n) is 4.31. The summed E-state index contributed by atoms with van der Waals surface area (Å²) in [5.41, 5.74) is 8.04. The van der Waals surface area contributed by atoms with Crippen molar-refractivity contribution in [1.82, 2.24) is 0 Å². The van der Waals surface area contributed by atoms with E-state index in [4.69, 9.17) is 17.3 Å². The smallest absolute Gasteiger partial charge is 0.143 e. The molecule has 0 aliphatic carbocycles. The highest BCUT2D eigenvalue weighted by atomic mass is 79.9. The van der Waals surface area contributed by atoms with E-state index < -0.39 is 5.82 Å². The van der Waals surface area contributed by atoms with Gasteiger partial charge in [0.2, 0.25) is 0 Å². The van der Waals surface area contributed by atoms with Crippen molar-refractivity contribution in [3.8, 4) is 0 Å². The molecule has 2 nitrogen and oxygen atoms in total. The zero-order valence-corrected chi connectivity index (χ0v) is 12.7. The molecule has 0 aromatic heterocycles. The van der Waals surface area contributed by atoms with Crippen LogP contribution in [0, 0.1) is 5.82 Å². The lowest BCUT2D eigenvalue weighted by Gasteiger charge is -2.21. The summed E-state index contributed by atoms with van der Waals surface area (Å²) in [6.07, 6.45) is 0. The van der Waals surface area contributed by atoms with Crippen molar-refractivity contribution >= 4 is 38.9 Å². The zero-order chi connectivity index (χ0) is 14.0. The molecule has 0 saturated heterocycles. The minimum absolute atomic E-state index is 0.0758. The van der Waals surface area contributed by atoms with Crippen molar-refractivity contribution in [3.63, 3.8) is 0 Å². The first kappa shape index (κ1) is 14.2. The molecule has 2 rings (SSSR count). The predicted molar refractivity (Wildman–Crippen MR) is 82.1 cm³/mol. The Bertz CT molecular complexity index is 587. The second-order valence-corrected chi connectivity index (χ2v) is 5.63. The van der Waals surface area contributed by atoms with Gasteiger partial charge in [0.15, 0.2) is 0 Å². The molecule has 0 spiro atoms. The lowest BCUT2D eigenvalue weighted by Crippen LogP contribution is -2.18. The van der Waals surface area contributed by atoms with Crippen LogP contribution in [0.25, 0.3) is 0 Å². The van der Waals surface area contributed by atoms with Gasteiger partial charge in [0.1, 0.15) is 5.82 Å². The Morgan fingerprint density at radius 3 is 2.53 bits per heavy atom. The highest BCUT2D eigenvalue weighted by molar-refractivity contribution is 9.10. The molecule has 0 heterocycles.